The first-order chi connectivity index (χ1) is 7.06. The number of carbonyl (C=O) groups excluding carboxylic acids is 2. The van der Waals surface area contributed by atoms with Gasteiger partial charge < -0.3 is 9.47 Å². The van der Waals surface area contributed by atoms with Gasteiger partial charge in [-0.15, -0.1) is 23.2 Å². The molecular weight excluding hydrogens is 243 g/mol. The minimum absolute atomic E-state index is 0.0109. The molecule has 4 nitrogen and oxygen atoms in total. The highest BCUT2D eigenvalue weighted by atomic mass is 35.5. The molecule has 0 N–H and O–H groups in total. The first-order valence-corrected chi connectivity index (χ1v) is 5.53. The second-order valence-corrected chi connectivity index (χ2v) is 4.07. The van der Waals surface area contributed by atoms with E-state index < -0.39 is 16.8 Å². The van der Waals surface area contributed by atoms with E-state index in [2.05, 4.69) is 4.74 Å². The van der Waals surface area contributed by atoms with Crippen LogP contribution < -0.4 is 0 Å². The van der Waals surface area contributed by atoms with E-state index in [4.69, 9.17) is 27.9 Å². The summed E-state index contributed by atoms with van der Waals surface area (Å²) in [5, 5.41) is 0. The molecule has 0 bridgehead atoms. The first kappa shape index (κ1) is 14.5. The molecule has 0 saturated heterocycles. The third-order valence-corrected chi connectivity index (χ3v) is 1.62. The smallest absolute Gasteiger partial charge is 0.306 e. The molecule has 0 aromatic rings. The number of alkyl halides is 2. The van der Waals surface area contributed by atoms with Crippen molar-refractivity contribution >= 4 is 35.1 Å². The molecular formula is C9H14Cl2O4. The van der Waals surface area contributed by atoms with Crippen LogP contribution >= 0.6 is 23.2 Å². The molecule has 0 heterocycles. The highest BCUT2D eigenvalue weighted by Gasteiger charge is 2.10. The van der Waals surface area contributed by atoms with Crippen molar-refractivity contribution in [1.29, 1.82) is 0 Å². The molecule has 0 amide bonds. The Morgan fingerprint density at radius 1 is 1.13 bits per heavy atom. The van der Waals surface area contributed by atoms with Gasteiger partial charge >= 0.3 is 11.9 Å². The van der Waals surface area contributed by atoms with Crippen LogP contribution in [0.25, 0.3) is 0 Å². The molecule has 0 spiro atoms. The Bertz CT molecular complexity index is 206. The summed E-state index contributed by atoms with van der Waals surface area (Å²) in [6.45, 7) is 2.20. The highest BCUT2D eigenvalue weighted by Crippen LogP contribution is 2.03. The molecule has 88 valence electrons. The summed E-state index contributed by atoms with van der Waals surface area (Å²) >= 11 is 10.7. The van der Waals surface area contributed by atoms with Gasteiger partial charge in [-0.3, -0.25) is 9.59 Å². The fourth-order valence-corrected chi connectivity index (χ4v) is 0.846. The minimum atomic E-state index is -0.735. The SMILES string of the molecule is CCCOC(=O)CCC(=O)OCC(Cl)Cl. The molecule has 0 aliphatic heterocycles. The van der Waals surface area contributed by atoms with E-state index in [1.165, 1.54) is 0 Å². The molecule has 0 rings (SSSR count). The molecule has 15 heavy (non-hydrogen) atoms. The average Bonchev–Trinajstić information content (AvgIpc) is 2.20. The molecule has 0 aromatic heterocycles. The van der Waals surface area contributed by atoms with Crippen LogP contribution in [0.2, 0.25) is 0 Å². The van der Waals surface area contributed by atoms with E-state index >= 15 is 0 Å². The zero-order valence-corrected chi connectivity index (χ0v) is 10.0. The number of carbonyl (C=O) groups is 2. The maximum atomic E-state index is 11.0. The number of rotatable bonds is 7. The van der Waals surface area contributed by atoms with Crippen LogP contribution in [-0.2, 0) is 19.1 Å². The van der Waals surface area contributed by atoms with Gasteiger partial charge in [0, 0.05) is 0 Å². The molecule has 0 saturated carbocycles. The predicted octanol–water partition coefficient (Wildman–Crippen LogP) is 2.07. The van der Waals surface area contributed by atoms with Crippen molar-refractivity contribution in [3.05, 3.63) is 0 Å². The number of hydrogen-bond donors (Lipinski definition) is 0. The van der Waals surface area contributed by atoms with Gasteiger partial charge in [0.1, 0.15) is 11.4 Å². The Kier molecular flexibility index (Phi) is 8.52. The first-order valence-electron chi connectivity index (χ1n) is 4.65. The van der Waals surface area contributed by atoms with Gasteiger partial charge in [-0.2, -0.15) is 0 Å². The van der Waals surface area contributed by atoms with E-state index in [9.17, 15) is 9.59 Å². The summed E-state index contributed by atoms with van der Waals surface area (Å²) in [6, 6.07) is 0. The Morgan fingerprint density at radius 2 is 1.67 bits per heavy atom. The molecule has 0 aliphatic carbocycles. The van der Waals surface area contributed by atoms with Crippen molar-refractivity contribution in [3.63, 3.8) is 0 Å². The van der Waals surface area contributed by atoms with E-state index in [0.29, 0.717) is 6.61 Å². The lowest BCUT2D eigenvalue weighted by molar-refractivity contribution is -0.150. The summed E-state index contributed by atoms with van der Waals surface area (Å²) in [6.07, 6.45) is 0.771. The Hall–Kier alpha value is -0.480. The Balaban J connectivity index is 3.49. The van der Waals surface area contributed by atoms with Crippen LogP contribution in [0.15, 0.2) is 0 Å². The third-order valence-electron chi connectivity index (χ3n) is 1.37. The van der Waals surface area contributed by atoms with Crippen molar-refractivity contribution in [2.24, 2.45) is 0 Å². The highest BCUT2D eigenvalue weighted by molar-refractivity contribution is 6.44. The monoisotopic (exact) mass is 256 g/mol. The lowest BCUT2D eigenvalue weighted by atomic mass is 10.3. The fourth-order valence-electron chi connectivity index (χ4n) is 0.720. The summed E-state index contributed by atoms with van der Waals surface area (Å²) in [4.78, 5) is 21.2. The molecule has 0 radical (unpaired) electrons. The van der Waals surface area contributed by atoms with Gasteiger partial charge in [0.2, 0.25) is 0 Å². The normalized spacial score (nSPS) is 10.1. The zero-order valence-electron chi connectivity index (χ0n) is 8.50. The van der Waals surface area contributed by atoms with Crippen molar-refractivity contribution < 1.29 is 19.1 Å². The van der Waals surface area contributed by atoms with Gasteiger partial charge in [0.25, 0.3) is 0 Å². The van der Waals surface area contributed by atoms with E-state index in [1.54, 1.807) is 0 Å². The van der Waals surface area contributed by atoms with Crippen LogP contribution in [0.3, 0.4) is 0 Å². The molecule has 0 aromatic carbocycles. The third kappa shape index (κ3) is 9.82. The lowest BCUT2D eigenvalue weighted by Gasteiger charge is -2.05. The summed E-state index contributed by atoms with van der Waals surface area (Å²) in [5.41, 5.74) is 0. The number of ether oxygens (including phenoxy) is 2. The zero-order chi connectivity index (χ0) is 11.7. The fraction of sp³-hybridized carbons (Fsp3) is 0.778. The molecule has 0 unspecified atom stereocenters. The topological polar surface area (TPSA) is 52.6 Å². The molecule has 0 fully saturated rings. The largest absolute Gasteiger partial charge is 0.466 e. The average molecular weight is 257 g/mol. The van der Waals surface area contributed by atoms with E-state index in [1.807, 2.05) is 6.92 Å². The van der Waals surface area contributed by atoms with Gasteiger partial charge in [-0.05, 0) is 6.42 Å². The van der Waals surface area contributed by atoms with Crippen molar-refractivity contribution in [2.45, 2.75) is 31.0 Å². The molecule has 0 atom stereocenters. The standard InChI is InChI=1S/C9H14Cl2O4/c1-2-5-14-8(12)3-4-9(13)15-6-7(10)11/h7H,2-6H2,1H3. The number of halogens is 2. The summed E-state index contributed by atoms with van der Waals surface area (Å²) < 4.78 is 9.42. The van der Waals surface area contributed by atoms with Gasteiger partial charge in [0.05, 0.1) is 19.4 Å². The number of esters is 2. The van der Waals surface area contributed by atoms with Gasteiger partial charge in [0.15, 0.2) is 0 Å². The molecule has 0 aliphatic rings. The van der Waals surface area contributed by atoms with Crippen molar-refractivity contribution in [3.8, 4) is 0 Å². The van der Waals surface area contributed by atoms with Crippen LogP contribution in [0.4, 0.5) is 0 Å². The Morgan fingerprint density at radius 3 is 2.13 bits per heavy atom. The van der Waals surface area contributed by atoms with E-state index in [-0.39, 0.29) is 19.4 Å². The quantitative estimate of drug-likeness (QED) is 0.517. The Labute approximate surface area is 98.8 Å². The second kappa shape index (κ2) is 8.80. The van der Waals surface area contributed by atoms with Crippen LogP contribution in [0.1, 0.15) is 26.2 Å². The molecule has 6 heteroatoms. The summed E-state index contributed by atoms with van der Waals surface area (Å²) in [7, 11) is 0. The number of hydrogen-bond acceptors (Lipinski definition) is 4. The van der Waals surface area contributed by atoms with Gasteiger partial charge in [-0.25, -0.2) is 0 Å². The maximum absolute atomic E-state index is 11.0. The van der Waals surface area contributed by atoms with Crippen LogP contribution in [0, 0.1) is 0 Å². The van der Waals surface area contributed by atoms with E-state index in [0.717, 1.165) is 6.42 Å². The lowest BCUT2D eigenvalue weighted by Crippen LogP contribution is -2.13. The minimum Gasteiger partial charge on any atom is -0.466 e. The van der Waals surface area contributed by atoms with Gasteiger partial charge in [-0.1, -0.05) is 6.92 Å². The van der Waals surface area contributed by atoms with Crippen LogP contribution in [-0.4, -0.2) is 30.0 Å². The maximum Gasteiger partial charge on any atom is 0.306 e. The second-order valence-electron chi connectivity index (χ2n) is 2.79. The van der Waals surface area contributed by atoms with Crippen molar-refractivity contribution in [2.75, 3.05) is 13.2 Å². The van der Waals surface area contributed by atoms with Crippen molar-refractivity contribution in [1.82, 2.24) is 0 Å². The summed E-state index contributed by atoms with van der Waals surface area (Å²) in [5.74, 6) is -0.906. The van der Waals surface area contributed by atoms with Crippen LogP contribution in [0.5, 0.6) is 0 Å². The predicted molar refractivity (Wildman–Crippen MR) is 56.9 cm³/mol.